The monoisotopic (exact) mass is 364 g/mol. The molecule has 1 aliphatic heterocycles. The lowest BCUT2D eigenvalue weighted by molar-refractivity contribution is 0.0927. The lowest BCUT2D eigenvalue weighted by atomic mass is 9.81. The second-order valence-corrected chi connectivity index (χ2v) is 7.69. The van der Waals surface area contributed by atoms with Gasteiger partial charge in [-0.1, -0.05) is 36.8 Å². The molecular weight excluding hydrogens is 340 g/mol. The summed E-state index contributed by atoms with van der Waals surface area (Å²) in [6.07, 6.45) is 2.23. The Hall–Kier alpha value is -1.36. The van der Waals surface area contributed by atoms with Crippen LogP contribution in [0.15, 0.2) is 35.7 Å². The molecular formula is C19H25ClN2OS. The summed E-state index contributed by atoms with van der Waals surface area (Å²) < 4.78 is 0. The van der Waals surface area contributed by atoms with Crippen molar-refractivity contribution in [1.29, 1.82) is 0 Å². The van der Waals surface area contributed by atoms with E-state index in [1.54, 1.807) is 0 Å². The molecule has 1 saturated heterocycles. The zero-order valence-electron chi connectivity index (χ0n) is 14.2. The van der Waals surface area contributed by atoms with Gasteiger partial charge in [-0.25, -0.2) is 0 Å². The number of hydrogen-bond donors (Lipinski definition) is 2. The number of nitrogens with one attached hydrogen (secondary N) is 2. The van der Waals surface area contributed by atoms with Gasteiger partial charge < -0.3 is 10.6 Å². The van der Waals surface area contributed by atoms with Gasteiger partial charge in [0.2, 0.25) is 0 Å². The van der Waals surface area contributed by atoms with Crippen molar-refractivity contribution in [1.82, 2.24) is 10.6 Å². The van der Waals surface area contributed by atoms with E-state index in [-0.39, 0.29) is 23.7 Å². The number of piperidine rings is 1. The molecule has 0 saturated carbocycles. The fourth-order valence-electron chi connectivity index (χ4n) is 3.03. The Labute approximate surface area is 154 Å². The molecule has 130 valence electrons. The number of halogens is 1. The van der Waals surface area contributed by atoms with E-state index in [1.807, 2.05) is 11.4 Å². The van der Waals surface area contributed by atoms with Crippen molar-refractivity contribution in [3.05, 3.63) is 46.2 Å². The topological polar surface area (TPSA) is 41.1 Å². The summed E-state index contributed by atoms with van der Waals surface area (Å²) in [6.45, 7) is 7.17. The normalized spacial score (nSPS) is 16.2. The van der Waals surface area contributed by atoms with E-state index < -0.39 is 0 Å². The molecule has 0 spiro atoms. The van der Waals surface area contributed by atoms with Gasteiger partial charge >= 0.3 is 0 Å². The van der Waals surface area contributed by atoms with E-state index in [9.17, 15) is 4.79 Å². The minimum atomic E-state index is 0. The lowest BCUT2D eigenvalue weighted by Crippen LogP contribution is -2.42. The maximum atomic E-state index is 12.6. The van der Waals surface area contributed by atoms with Crippen LogP contribution in [0.2, 0.25) is 0 Å². The van der Waals surface area contributed by atoms with Crippen molar-refractivity contribution < 1.29 is 4.79 Å². The summed E-state index contributed by atoms with van der Waals surface area (Å²) in [5.74, 6) is 0.0512. The Morgan fingerprint density at radius 3 is 2.54 bits per heavy atom. The molecule has 1 aromatic carbocycles. The van der Waals surface area contributed by atoms with Crippen LogP contribution in [0.25, 0.3) is 11.1 Å². The Bertz CT molecular complexity index is 675. The van der Waals surface area contributed by atoms with Crippen LogP contribution in [0.3, 0.4) is 0 Å². The van der Waals surface area contributed by atoms with Gasteiger partial charge in [-0.05, 0) is 55.3 Å². The fourth-order valence-corrected chi connectivity index (χ4v) is 3.86. The zero-order valence-corrected chi connectivity index (χ0v) is 15.9. The second kappa shape index (κ2) is 8.15. The van der Waals surface area contributed by atoms with Crippen LogP contribution in [0.5, 0.6) is 0 Å². The summed E-state index contributed by atoms with van der Waals surface area (Å²) in [7, 11) is 0. The van der Waals surface area contributed by atoms with Crippen LogP contribution < -0.4 is 10.6 Å². The fraction of sp³-hybridized carbons (Fsp3) is 0.421. The highest BCUT2D eigenvalue weighted by Gasteiger charge is 2.27. The molecule has 5 heteroatoms. The van der Waals surface area contributed by atoms with E-state index in [4.69, 9.17) is 0 Å². The van der Waals surface area contributed by atoms with Crippen LogP contribution in [-0.2, 0) is 0 Å². The van der Waals surface area contributed by atoms with Crippen molar-refractivity contribution in [2.75, 3.05) is 19.6 Å². The standard InChI is InChI=1S/C19H24N2OS.ClH/c1-14-3-5-15(6-4-14)16-7-12-23-17(16)18(22)21-13-19(2)8-10-20-11-9-19;/h3-7,12,20H,8-11,13H2,1-2H3,(H,21,22);1H. The van der Waals surface area contributed by atoms with Gasteiger partial charge in [-0.15, -0.1) is 23.7 Å². The predicted molar refractivity (Wildman–Crippen MR) is 104 cm³/mol. The smallest absolute Gasteiger partial charge is 0.262 e. The molecule has 2 aromatic rings. The van der Waals surface area contributed by atoms with E-state index in [0.717, 1.165) is 48.5 Å². The molecule has 0 aliphatic carbocycles. The van der Waals surface area contributed by atoms with Crippen LogP contribution in [-0.4, -0.2) is 25.5 Å². The number of thiophene rings is 1. The maximum Gasteiger partial charge on any atom is 0.262 e. The van der Waals surface area contributed by atoms with Gasteiger partial charge in [0.1, 0.15) is 0 Å². The molecule has 2 heterocycles. The summed E-state index contributed by atoms with van der Waals surface area (Å²) in [6, 6.07) is 10.4. The third kappa shape index (κ3) is 4.38. The number of rotatable bonds is 4. The first-order valence-electron chi connectivity index (χ1n) is 8.21. The zero-order chi connectivity index (χ0) is 16.3. The molecule has 3 nitrogen and oxygen atoms in total. The minimum Gasteiger partial charge on any atom is -0.351 e. The number of amides is 1. The number of aryl methyl sites for hydroxylation is 1. The first-order chi connectivity index (χ1) is 11.1. The van der Waals surface area contributed by atoms with Gasteiger partial charge in [0.05, 0.1) is 4.88 Å². The maximum absolute atomic E-state index is 12.6. The third-order valence-corrected chi connectivity index (χ3v) is 5.63. The highest BCUT2D eigenvalue weighted by atomic mass is 35.5. The summed E-state index contributed by atoms with van der Waals surface area (Å²) >= 11 is 1.52. The summed E-state index contributed by atoms with van der Waals surface area (Å²) in [4.78, 5) is 13.4. The van der Waals surface area contributed by atoms with Crippen LogP contribution in [0, 0.1) is 12.3 Å². The number of benzene rings is 1. The van der Waals surface area contributed by atoms with Crippen molar-refractivity contribution in [3.63, 3.8) is 0 Å². The van der Waals surface area contributed by atoms with Crippen molar-refractivity contribution >= 4 is 29.7 Å². The van der Waals surface area contributed by atoms with Crippen LogP contribution in [0.4, 0.5) is 0 Å². The molecule has 24 heavy (non-hydrogen) atoms. The van der Waals surface area contributed by atoms with Crippen molar-refractivity contribution in [2.45, 2.75) is 26.7 Å². The molecule has 0 radical (unpaired) electrons. The van der Waals surface area contributed by atoms with E-state index in [0.29, 0.717) is 0 Å². The van der Waals surface area contributed by atoms with Gasteiger partial charge in [0.25, 0.3) is 5.91 Å². The Kier molecular flexibility index (Phi) is 6.44. The van der Waals surface area contributed by atoms with Crippen molar-refractivity contribution in [3.8, 4) is 11.1 Å². The largest absolute Gasteiger partial charge is 0.351 e. The molecule has 3 rings (SSSR count). The summed E-state index contributed by atoms with van der Waals surface area (Å²) in [5.41, 5.74) is 3.58. The van der Waals surface area contributed by atoms with Crippen LogP contribution >= 0.6 is 23.7 Å². The lowest BCUT2D eigenvalue weighted by Gasteiger charge is -2.34. The second-order valence-electron chi connectivity index (χ2n) is 6.77. The first kappa shape index (κ1) is 19.0. The molecule has 1 aliphatic rings. The molecule has 0 unspecified atom stereocenters. The van der Waals surface area contributed by atoms with Gasteiger partial charge in [-0.2, -0.15) is 0 Å². The Morgan fingerprint density at radius 1 is 1.21 bits per heavy atom. The Morgan fingerprint density at radius 2 is 1.88 bits per heavy atom. The average molecular weight is 365 g/mol. The number of carbonyl (C=O) groups is 1. The number of hydrogen-bond acceptors (Lipinski definition) is 3. The van der Waals surface area contributed by atoms with Gasteiger partial charge in [0, 0.05) is 12.1 Å². The predicted octanol–water partition coefficient (Wildman–Crippen LogP) is 4.26. The molecule has 1 fully saturated rings. The first-order valence-corrected chi connectivity index (χ1v) is 9.09. The average Bonchev–Trinajstić information content (AvgIpc) is 3.04. The molecule has 2 N–H and O–H groups in total. The molecule has 1 aromatic heterocycles. The van der Waals surface area contributed by atoms with Crippen molar-refractivity contribution in [2.24, 2.45) is 5.41 Å². The minimum absolute atomic E-state index is 0. The van der Waals surface area contributed by atoms with Gasteiger partial charge in [-0.3, -0.25) is 4.79 Å². The number of carbonyl (C=O) groups excluding carboxylic acids is 1. The highest BCUT2D eigenvalue weighted by Crippen LogP contribution is 2.30. The van der Waals surface area contributed by atoms with E-state index in [1.165, 1.54) is 16.9 Å². The van der Waals surface area contributed by atoms with E-state index >= 15 is 0 Å². The molecule has 0 atom stereocenters. The third-order valence-electron chi connectivity index (χ3n) is 4.72. The SMILES string of the molecule is Cc1ccc(-c2ccsc2C(=O)NCC2(C)CCNCC2)cc1.Cl. The molecule has 1 amide bonds. The molecule has 0 bridgehead atoms. The quantitative estimate of drug-likeness (QED) is 0.850. The van der Waals surface area contributed by atoms with Gasteiger partial charge in [0.15, 0.2) is 0 Å². The van der Waals surface area contributed by atoms with E-state index in [2.05, 4.69) is 48.7 Å². The van der Waals surface area contributed by atoms with Crippen LogP contribution in [0.1, 0.15) is 35.0 Å². The Balaban J connectivity index is 0.00000208. The highest BCUT2D eigenvalue weighted by molar-refractivity contribution is 7.12. The summed E-state index contributed by atoms with van der Waals surface area (Å²) in [5, 5.41) is 8.54.